The van der Waals surface area contributed by atoms with Crippen molar-refractivity contribution in [2.24, 2.45) is 5.92 Å². The fraction of sp³-hybridized carbons (Fsp3) is 0.250. The van der Waals surface area contributed by atoms with Crippen LogP contribution in [0.4, 0.5) is 5.69 Å². The third kappa shape index (κ3) is 4.18. The number of ether oxygens (including phenoxy) is 2. The molecular weight excluding hydrogens is 366 g/mol. The summed E-state index contributed by atoms with van der Waals surface area (Å²) >= 11 is 5.80. The number of carbonyl (C=O) groups is 1. The lowest BCUT2D eigenvalue weighted by Gasteiger charge is -2.12. The van der Waals surface area contributed by atoms with E-state index in [9.17, 15) is 4.79 Å². The Balaban J connectivity index is 1.50. The number of pyridine rings is 2. The number of nitrogens with zero attached hydrogens (tertiary/aromatic N) is 2. The summed E-state index contributed by atoms with van der Waals surface area (Å²) in [7, 11) is 0. The van der Waals surface area contributed by atoms with E-state index in [2.05, 4.69) is 15.3 Å². The molecule has 0 spiro atoms. The molecule has 0 radical (unpaired) electrons. The molecule has 7 heteroatoms. The summed E-state index contributed by atoms with van der Waals surface area (Å²) in [5.74, 6) is 0.710. The number of hydrogen-bond donors (Lipinski definition) is 1. The third-order valence-corrected chi connectivity index (χ3v) is 4.65. The monoisotopic (exact) mass is 383 g/mol. The average molecular weight is 384 g/mol. The second-order valence-corrected chi connectivity index (χ2v) is 6.84. The molecule has 6 nitrogen and oxygen atoms in total. The minimum Gasteiger partial charge on any atom is -0.477 e. The van der Waals surface area contributed by atoms with E-state index in [-0.39, 0.29) is 5.91 Å². The van der Waals surface area contributed by atoms with Crippen molar-refractivity contribution in [3.05, 3.63) is 59.5 Å². The van der Waals surface area contributed by atoms with Crippen molar-refractivity contribution < 1.29 is 14.3 Å². The van der Waals surface area contributed by atoms with E-state index >= 15 is 0 Å². The summed E-state index contributed by atoms with van der Waals surface area (Å²) in [5.41, 5.74) is 0.975. The van der Waals surface area contributed by atoms with Crippen LogP contribution in [0.1, 0.15) is 16.9 Å². The zero-order valence-corrected chi connectivity index (χ0v) is 15.3. The largest absolute Gasteiger partial charge is 0.477 e. The van der Waals surface area contributed by atoms with E-state index in [0.29, 0.717) is 34.8 Å². The summed E-state index contributed by atoms with van der Waals surface area (Å²) < 4.78 is 11.3. The van der Waals surface area contributed by atoms with Gasteiger partial charge in [-0.2, -0.15) is 0 Å². The normalized spacial score (nSPS) is 16.4. The number of benzene rings is 1. The predicted octanol–water partition coefficient (Wildman–Crippen LogP) is 3.95. The molecule has 3 heterocycles. The summed E-state index contributed by atoms with van der Waals surface area (Å²) in [6.07, 6.45) is 4.16. The molecule has 4 rings (SSSR count). The quantitative estimate of drug-likeness (QED) is 0.722. The molecule has 1 atom stereocenters. The molecule has 0 saturated carbocycles. The van der Waals surface area contributed by atoms with Crippen LogP contribution in [0.25, 0.3) is 10.8 Å². The molecule has 27 heavy (non-hydrogen) atoms. The highest BCUT2D eigenvalue weighted by atomic mass is 35.5. The van der Waals surface area contributed by atoms with Crippen molar-refractivity contribution in [1.82, 2.24) is 9.97 Å². The van der Waals surface area contributed by atoms with Gasteiger partial charge in [0.1, 0.15) is 5.69 Å². The van der Waals surface area contributed by atoms with E-state index in [1.165, 1.54) is 6.20 Å². The Morgan fingerprint density at radius 3 is 2.96 bits per heavy atom. The van der Waals surface area contributed by atoms with Gasteiger partial charge in [-0.15, -0.1) is 0 Å². The molecule has 1 fully saturated rings. The van der Waals surface area contributed by atoms with E-state index < -0.39 is 0 Å². The maximum absolute atomic E-state index is 12.3. The fourth-order valence-electron chi connectivity index (χ4n) is 2.96. The SMILES string of the molecule is O=C(Nc1ccc2c(OCC3CCOC3)nccc2c1)c1ccc(Cl)cn1. The molecule has 3 aromatic rings. The summed E-state index contributed by atoms with van der Waals surface area (Å²) in [6.45, 7) is 2.12. The number of amides is 1. The lowest BCUT2D eigenvalue weighted by Crippen LogP contribution is -2.13. The van der Waals surface area contributed by atoms with Crippen LogP contribution in [0.5, 0.6) is 5.88 Å². The highest BCUT2D eigenvalue weighted by molar-refractivity contribution is 6.30. The second-order valence-electron chi connectivity index (χ2n) is 6.41. The van der Waals surface area contributed by atoms with Crippen LogP contribution < -0.4 is 10.1 Å². The van der Waals surface area contributed by atoms with Crippen LogP contribution in [-0.4, -0.2) is 35.7 Å². The van der Waals surface area contributed by atoms with Gasteiger partial charge in [0.2, 0.25) is 5.88 Å². The predicted molar refractivity (Wildman–Crippen MR) is 103 cm³/mol. The molecule has 0 bridgehead atoms. The van der Waals surface area contributed by atoms with Crippen LogP contribution in [0.3, 0.4) is 0 Å². The van der Waals surface area contributed by atoms with Gasteiger partial charge >= 0.3 is 0 Å². The molecule has 1 aromatic carbocycles. The Morgan fingerprint density at radius 1 is 1.26 bits per heavy atom. The van der Waals surface area contributed by atoms with Crippen molar-refractivity contribution in [2.45, 2.75) is 6.42 Å². The maximum atomic E-state index is 12.3. The maximum Gasteiger partial charge on any atom is 0.274 e. The number of hydrogen-bond acceptors (Lipinski definition) is 5. The Morgan fingerprint density at radius 2 is 2.19 bits per heavy atom. The van der Waals surface area contributed by atoms with Gasteiger partial charge in [0, 0.05) is 36.0 Å². The van der Waals surface area contributed by atoms with Crippen molar-refractivity contribution >= 4 is 34.0 Å². The Hall–Kier alpha value is -2.70. The van der Waals surface area contributed by atoms with Crippen molar-refractivity contribution in [1.29, 1.82) is 0 Å². The van der Waals surface area contributed by atoms with Gasteiger partial charge in [-0.05, 0) is 48.2 Å². The van der Waals surface area contributed by atoms with Crippen molar-refractivity contribution in [3.63, 3.8) is 0 Å². The number of fused-ring (bicyclic) bond motifs is 1. The smallest absolute Gasteiger partial charge is 0.274 e. The number of nitrogens with one attached hydrogen (secondary N) is 1. The molecule has 138 valence electrons. The van der Waals surface area contributed by atoms with Gasteiger partial charge in [0.25, 0.3) is 5.91 Å². The summed E-state index contributed by atoms with van der Waals surface area (Å²) in [6, 6.07) is 10.7. The molecule has 0 aliphatic carbocycles. The van der Waals surface area contributed by atoms with Gasteiger partial charge in [0.05, 0.1) is 18.2 Å². The highest BCUT2D eigenvalue weighted by Gasteiger charge is 2.17. The molecule has 1 saturated heterocycles. The van der Waals surface area contributed by atoms with Crippen LogP contribution in [0, 0.1) is 5.92 Å². The van der Waals surface area contributed by atoms with E-state index in [1.807, 2.05) is 24.3 Å². The molecule has 1 unspecified atom stereocenters. The first kappa shape index (κ1) is 17.7. The first-order valence-electron chi connectivity index (χ1n) is 8.71. The second kappa shape index (κ2) is 7.90. The van der Waals surface area contributed by atoms with Crippen molar-refractivity contribution in [3.8, 4) is 5.88 Å². The highest BCUT2D eigenvalue weighted by Crippen LogP contribution is 2.27. The van der Waals surface area contributed by atoms with E-state index in [4.69, 9.17) is 21.1 Å². The lowest BCUT2D eigenvalue weighted by molar-refractivity contribution is 0.102. The summed E-state index contributed by atoms with van der Waals surface area (Å²) in [4.78, 5) is 20.7. The topological polar surface area (TPSA) is 73.3 Å². The number of anilines is 1. The number of carbonyl (C=O) groups excluding carboxylic acids is 1. The fourth-order valence-corrected chi connectivity index (χ4v) is 3.07. The first-order chi connectivity index (χ1) is 13.2. The number of halogens is 1. The van der Waals surface area contributed by atoms with Crippen LogP contribution in [0.15, 0.2) is 48.8 Å². The average Bonchev–Trinajstić information content (AvgIpc) is 3.20. The van der Waals surface area contributed by atoms with Crippen LogP contribution in [-0.2, 0) is 4.74 Å². The number of aromatic nitrogens is 2. The summed E-state index contributed by atoms with van der Waals surface area (Å²) in [5, 5.41) is 5.17. The Bertz CT molecular complexity index is 956. The van der Waals surface area contributed by atoms with Crippen LogP contribution in [0.2, 0.25) is 5.02 Å². The van der Waals surface area contributed by atoms with Gasteiger partial charge in [-0.25, -0.2) is 9.97 Å². The Kier molecular flexibility index (Phi) is 5.18. The van der Waals surface area contributed by atoms with Crippen LogP contribution >= 0.6 is 11.6 Å². The minimum absolute atomic E-state index is 0.294. The Labute approximate surface area is 161 Å². The molecule has 1 aliphatic heterocycles. The third-order valence-electron chi connectivity index (χ3n) is 4.43. The van der Waals surface area contributed by atoms with Crippen molar-refractivity contribution in [2.75, 3.05) is 25.1 Å². The molecule has 1 aliphatic rings. The molecule has 1 N–H and O–H groups in total. The molecular formula is C20H18ClN3O3. The zero-order chi connectivity index (χ0) is 18.6. The first-order valence-corrected chi connectivity index (χ1v) is 9.09. The number of rotatable bonds is 5. The van der Waals surface area contributed by atoms with E-state index in [1.54, 1.807) is 18.3 Å². The van der Waals surface area contributed by atoms with Gasteiger partial charge in [-0.1, -0.05) is 11.6 Å². The lowest BCUT2D eigenvalue weighted by atomic mass is 10.1. The minimum atomic E-state index is -0.294. The zero-order valence-electron chi connectivity index (χ0n) is 14.5. The molecule has 2 aromatic heterocycles. The van der Waals surface area contributed by atoms with Gasteiger partial charge < -0.3 is 14.8 Å². The van der Waals surface area contributed by atoms with Gasteiger partial charge in [-0.3, -0.25) is 4.79 Å². The standard InChI is InChI=1S/C20H18ClN3O3/c21-15-1-4-18(23-10-15)19(25)24-16-2-3-17-14(9-16)5-7-22-20(17)27-12-13-6-8-26-11-13/h1-5,7,9-10,13H,6,8,11-12H2,(H,24,25). The van der Waals surface area contributed by atoms with E-state index in [0.717, 1.165) is 30.4 Å². The van der Waals surface area contributed by atoms with Gasteiger partial charge in [0.15, 0.2) is 0 Å². The molecule has 1 amide bonds.